The molecule has 2 nitrogen and oxygen atoms in total. The van der Waals surface area contributed by atoms with Gasteiger partial charge in [0, 0.05) is 16.6 Å². The van der Waals surface area contributed by atoms with Gasteiger partial charge in [-0.25, -0.2) is 4.39 Å². The molecule has 0 aliphatic heterocycles. The number of hydrogen-bond donors (Lipinski definition) is 1. The van der Waals surface area contributed by atoms with Gasteiger partial charge in [0.05, 0.1) is 12.8 Å². The second-order valence-electron chi connectivity index (χ2n) is 4.29. The van der Waals surface area contributed by atoms with Crippen molar-refractivity contribution in [3.05, 3.63) is 57.8 Å². The molecule has 100 valence electrons. The van der Waals surface area contributed by atoms with E-state index in [9.17, 15) is 4.39 Å². The SMILES string of the molecule is COc1ccc(Br)cc1CNc1cc(C)ccc1F. The third-order valence-electron chi connectivity index (χ3n) is 2.83. The summed E-state index contributed by atoms with van der Waals surface area (Å²) in [5.41, 5.74) is 2.49. The average molecular weight is 324 g/mol. The van der Waals surface area contributed by atoms with E-state index in [1.807, 2.05) is 25.1 Å². The maximum Gasteiger partial charge on any atom is 0.146 e. The maximum atomic E-state index is 13.6. The lowest BCUT2D eigenvalue weighted by atomic mass is 10.1. The zero-order chi connectivity index (χ0) is 13.8. The Hall–Kier alpha value is -1.55. The zero-order valence-corrected chi connectivity index (χ0v) is 12.4. The summed E-state index contributed by atoms with van der Waals surface area (Å²) in [6.07, 6.45) is 0. The molecule has 4 heteroatoms. The normalized spacial score (nSPS) is 10.3. The summed E-state index contributed by atoms with van der Waals surface area (Å²) in [5.74, 6) is 0.531. The van der Waals surface area contributed by atoms with Crippen molar-refractivity contribution in [1.29, 1.82) is 0 Å². The lowest BCUT2D eigenvalue weighted by Crippen LogP contribution is -2.03. The van der Waals surface area contributed by atoms with Crippen molar-refractivity contribution in [3.63, 3.8) is 0 Å². The van der Waals surface area contributed by atoms with Gasteiger partial charge in [-0.1, -0.05) is 22.0 Å². The van der Waals surface area contributed by atoms with E-state index >= 15 is 0 Å². The van der Waals surface area contributed by atoms with E-state index in [0.717, 1.165) is 21.3 Å². The van der Waals surface area contributed by atoms with Crippen LogP contribution in [0.15, 0.2) is 40.9 Å². The number of rotatable bonds is 4. The van der Waals surface area contributed by atoms with Gasteiger partial charge in [0.2, 0.25) is 0 Å². The molecule has 0 saturated carbocycles. The van der Waals surface area contributed by atoms with Crippen LogP contribution in [0.1, 0.15) is 11.1 Å². The molecule has 0 fully saturated rings. The first kappa shape index (κ1) is 13.9. The van der Waals surface area contributed by atoms with Gasteiger partial charge < -0.3 is 10.1 Å². The van der Waals surface area contributed by atoms with Crippen molar-refractivity contribution in [2.75, 3.05) is 12.4 Å². The largest absolute Gasteiger partial charge is 0.496 e. The fourth-order valence-electron chi connectivity index (χ4n) is 1.85. The number of methoxy groups -OCH3 is 1. The fraction of sp³-hybridized carbons (Fsp3) is 0.200. The second-order valence-corrected chi connectivity index (χ2v) is 5.21. The van der Waals surface area contributed by atoms with Crippen LogP contribution in [-0.4, -0.2) is 7.11 Å². The van der Waals surface area contributed by atoms with Crippen molar-refractivity contribution in [1.82, 2.24) is 0 Å². The van der Waals surface area contributed by atoms with Crippen molar-refractivity contribution < 1.29 is 9.13 Å². The molecule has 2 rings (SSSR count). The van der Waals surface area contributed by atoms with Gasteiger partial charge in [-0.2, -0.15) is 0 Å². The molecule has 1 N–H and O–H groups in total. The molecule has 0 amide bonds. The van der Waals surface area contributed by atoms with Gasteiger partial charge >= 0.3 is 0 Å². The lowest BCUT2D eigenvalue weighted by Gasteiger charge is -2.12. The van der Waals surface area contributed by atoms with Gasteiger partial charge in [-0.05, 0) is 42.8 Å². The van der Waals surface area contributed by atoms with Crippen LogP contribution in [0, 0.1) is 12.7 Å². The molecule has 0 unspecified atom stereocenters. The standard InChI is InChI=1S/C15H15BrFNO/c1-10-3-5-13(17)14(7-10)18-9-11-8-12(16)4-6-15(11)19-2/h3-8,18H,9H2,1-2H3. The molecule has 0 spiro atoms. The lowest BCUT2D eigenvalue weighted by molar-refractivity contribution is 0.410. The summed E-state index contributed by atoms with van der Waals surface area (Å²) in [4.78, 5) is 0. The number of benzene rings is 2. The van der Waals surface area contributed by atoms with E-state index in [2.05, 4.69) is 21.2 Å². The first-order valence-electron chi connectivity index (χ1n) is 5.92. The highest BCUT2D eigenvalue weighted by atomic mass is 79.9. The zero-order valence-electron chi connectivity index (χ0n) is 10.8. The average Bonchev–Trinajstić information content (AvgIpc) is 2.40. The summed E-state index contributed by atoms with van der Waals surface area (Å²) in [6.45, 7) is 2.44. The Morgan fingerprint density at radius 3 is 2.74 bits per heavy atom. The van der Waals surface area contributed by atoms with Crippen LogP contribution in [0.2, 0.25) is 0 Å². The molecular formula is C15H15BrFNO. The van der Waals surface area contributed by atoms with Gasteiger partial charge in [0.1, 0.15) is 11.6 Å². The monoisotopic (exact) mass is 323 g/mol. The van der Waals surface area contributed by atoms with Crippen LogP contribution in [0.25, 0.3) is 0 Å². The summed E-state index contributed by atoms with van der Waals surface area (Å²) in [5, 5.41) is 3.10. The van der Waals surface area contributed by atoms with Crippen molar-refractivity contribution in [3.8, 4) is 5.75 Å². The quantitative estimate of drug-likeness (QED) is 0.893. The Morgan fingerprint density at radius 1 is 1.21 bits per heavy atom. The summed E-state index contributed by atoms with van der Waals surface area (Å²) in [7, 11) is 1.62. The molecule has 0 saturated heterocycles. The topological polar surface area (TPSA) is 21.3 Å². The second kappa shape index (κ2) is 6.06. The first-order valence-corrected chi connectivity index (χ1v) is 6.72. The van der Waals surface area contributed by atoms with E-state index < -0.39 is 0 Å². The highest BCUT2D eigenvalue weighted by Gasteiger charge is 2.06. The minimum absolute atomic E-state index is 0.250. The minimum atomic E-state index is -0.250. The van der Waals surface area contributed by atoms with E-state index in [1.165, 1.54) is 6.07 Å². The molecule has 19 heavy (non-hydrogen) atoms. The third-order valence-corrected chi connectivity index (χ3v) is 3.33. The molecule has 2 aromatic rings. The molecule has 0 radical (unpaired) electrons. The first-order chi connectivity index (χ1) is 9.10. The Kier molecular flexibility index (Phi) is 4.43. The number of anilines is 1. The molecule has 0 aliphatic carbocycles. The molecule has 0 atom stereocenters. The smallest absolute Gasteiger partial charge is 0.146 e. The molecular weight excluding hydrogens is 309 g/mol. The number of nitrogens with one attached hydrogen (secondary N) is 1. The maximum absolute atomic E-state index is 13.6. The third kappa shape index (κ3) is 3.47. The van der Waals surface area contributed by atoms with Crippen LogP contribution in [0.4, 0.5) is 10.1 Å². The molecule has 0 heterocycles. The summed E-state index contributed by atoms with van der Waals surface area (Å²) >= 11 is 3.42. The van der Waals surface area contributed by atoms with Gasteiger partial charge in [-0.15, -0.1) is 0 Å². The van der Waals surface area contributed by atoms with Crippen LogP contribution in [0.5, 0.6) is 5.75 Å². The van der Waals surface area contributed by atoms with Crippen LogP contribution < -0.4 is 10.1 Å². The van der Waals surface area contributed by atoms with E-state index in [1.54, 1.807) is 19.2 Å². The number of halogens is 2. The van der Waals surface area contributed by atoms with Gasteiger partial charge in [0.25, 0.3) is 0 Å². The number of hydrogen-bond acceptors (Lipinski definition) is 2. The molecule has 2 aromatic carbocycles. The predicted octanol–water partition coefficient (Wildman–Crippen LogP) is 4.52. The van der Waals surface area contributed by atoms with Crippen molar-refractivity contribution >= 4 is 21.6 Å². The highest BCUT2D eigenvalue weighted by molar-refractivity contribution is 9.10. The minimum Gasteiger partial charge on any atom is -0.496 e. The van der Waals surface area contributed by atoms with Crippen LogP contribution >= 0.6 is 15.9 Å². The van der Waals surface area contributed by atoms with Crippen LogP contribution in [0.3, 0.4) is 0 Å². The van der Waals surface area contributed by atoms with Gasteiger partial charge in [-0.3, -0.25) is 0 Å². The van der Waals surface area contributed by atoms with Crippen molar-refractivity contribution in [2.24, 2.45) is 0 Å². The van der Waals surface area contributed by atoms with Crippen molar-refractivity contribution in [2.45, 2.75) is 13.5 Å². The molecule has 0 bridgehead atoms. The molecule has 0 aliphatic rings. The van der Waals surface area contributed by atoms with Gasteiger partial charge in [0.15, 0.2) is 0 Å². The van der Waals surface area contributed by atoms with E-state index in [-0.39, 0.29) is 5.82 Å². The summed E-state index contributed by atoms with van der Waals surface area (Å²) in [6, 6.07) is 10.8. The van der Waals surface area contributed by atoms with E-state index in [4.69, 9.17) is 4.74 Å². The molecule has 0 aromatic heterocycles. The Labute approximate surface area is 120 Å². The number of aryl methyl sites for hydroxylation is 1. The Bertz CT molecular complexity index is 586. The Morgan fingerprint density at radius 2 is 2.00 bits per heavy atom. The predicted molar refractivity (Wildman–Crippen MR) is 79.2 cm³/mol. The number of ether oxygens (including phenoxy) is 1. The Balaban J connectivity index is 2.18. The summed E-state index contributed by atoms with van der Waals surface area (Å²) < 4.78 is 19.9. The highest BCUT2D eigenvalue weighted by Crippen LogP contribution is 2.24. The van der Waals surface area contributed by atoms with E-state index in [0.29, 0.717) is 12.2 Å². The van der Waals surface area contributed by atoms with Crippen LogP contribution in [-0.2, 0) is 6.54 Å². The fourth-order valence-corrected chi connectivity index (χ4v) is 2.26.